The fourth-order valence-electron chi connectivity index (χ4n) is 2.63. The zero-order chi connectivity index (χ0) is 19.2. The molecule has 0 aliphatic carbocycles. The van der Waals surface area contributed by atoms with E-state index in [-0.39, 0.29) is 6.61 Å². The van der Waals surface area contributed by atoms with Gasteiger partial charge in [0.25, 0.3) is 0 Å². The molecule has 0 aliphatic heterocycles. The third kappa shape index (κ3) is 4.53. The number of hydrogen-bond donors (Lipinski definition) is 0. The predicted octanol–water partition coefficient (Wildman–Crippen LogP) is 4.83. The Bertz CT molecular complexity index is 984. The number of aryl methyl sites for hydroxylation is 1. The quantitative estimate of drug-likeness (QED) is 0.485. The first-order chi connectivity index (χ1) is 13.1. The normalized spacial score (nSPS) is 10.1. The van der Waals surface area contributed by atoms with E-state index in [9.17, 15) is 4.79 Å². The number of benzene rings is 3. The molecule has 0 fully saturated rings. The van der Waals surface area contributed by atoms with Crippen molar-refractivity contribution in [3.63, 3.8) is 0 Å². The van der Waals surface area contributed by atoms with Crippen molar-refractivity contribution in [3.8, 4) is 28.7 Å². The van der Waals surface area contributed by atoms with Crippen molar-refractivity contribution >= 4 is 5.97 Å². The van der Waals surface area contributed by atoms with E-state index in [1.165, 1.54) is 0 Å². The van der Waals surface area contributed by atoms with E-state index in [2.05, 4.69) is 6.07 Å². The van der Waals surface area contributed by atoms with E-state index in [0.717, 1.165) is 22.3 Å². The summed E-state index contributed by atoms with van der Waals surface area (Å²) in [4.78, 5) is 12.0. The number of carbonyl (C=O) groups excluding carboxylic acids is 1. The highest BCUT2D eigenvalue weighted by molar-refractivity contribution is 5.74. The minimum absolute atomic E-state index is 0.151. The van der Waals surface area contributed by atoms with Crippen LogP contribution in [0.3, 0.4) is 0 Å². The second-order valence-electron chi connectivity index (χ2n) is 6.17. The Hall–Kier alpha value is -3.58. The van der Waals surface area contributed by atoms with E-state index in [0.29, 0.717) is 17.1 Å². The molecule has 0 saturated carbocycles. The van der Waals surface area contributed by atoms with Gasteiger partial charge in [0.15, 0.2) is 6.61 Å². The Kier molecular flexibility index (Phi) is 5.53. The fraction of sp³-hybridized carbons (Fsp3) is 0.130. The largest absolute Gasteiger partial charge is 0.482 e. The maximum absolute atomic E-state index is 12.0. The van der Waals surface area contributed by atoms with Crippen molar-refractivity contribution in [2.45, 2.75) is 13.8 Å². The van der Waals surface area contributed by atoms with E-state index in [1.807, 2.05) is 56.3 Å². The SMILES string of the molecule is Cc1cccc(OCC(=O)Oc2ccc(-c3ccc(C#N)cc3)cc2)c1C. The van der Waals surface area contributed by atoms with E-state index in [1.54, 1.807) is 24.3 Å². The third-order valence-corrected chi connectivity index (χ3v) is 4.33. The first-order valence-corrected chi connectivity index (χ1v) is 8.57. The lowest BCUT2D eigenvalue weighted by Gasteiger charge is -2.10. The standard InChI is InChI=1S/C23H19NO3/c1-16-4-3-5-22(17(16)2)26-15-23(25)27-21-12-10-20(11-13-21)19-8-6-18(14-24)7-9-19/h3-13H,15H2,1-2H3. The first-order valence-electron chi connectivity index (χ1n) is 8.57. The summed E-state index contributed by atoms with van der Waals surface area (Å²) >= 11 is 0. The Balaban J connectivity index is 1.59. The molecule has 3 aromatic rings. The molecule has 0 N–H and O–H groups in total. The molecule has 3 rings (SSSR count). The maximum Gasteiger partial charge on any atom is 0.349 e. The molecule has 0 unspecified atom stereocenters. The average molecular weight is 357 g/mol. The second-order valence-corrected chi connectivity index (χ2v) is 6.17. The van der Waals surface area contributed by atoms with Gasteiger partial charge in [0.05, 0.1) is 11.6 Å². The van der Waals surface area contributed by atoms with Crippen LogP contribution >= 0.6 is 0 Å². The number of nitrogens with zero attached hydrogens (tertiary/aromatic N) is 1. The second kappa shape index (κ2) is 8.20. The smallest absolute Gasteiger partial charge is 0.349 e. The molecule has 0 atom stereocenters. The molecule has 4 heteroatoms. The molecule has 0 amide bonds. The maximum atomic E-state index is 12.0. The molecule has 0 bridgehead atoms. The van der Waals surface area contributed by atoms with Crippen molar-refractivity contribution < 1.29 is 14.3 Å². The molecule has 0 aliphatic rings. The number of esters is 1. The van der Waals surface area contributed by atoms with Gasteiger partial charge in [-0.1, -0.05) is 36.4 Å². The summed E-state index contributed by atoms with van der Waals surface area (Å²) in [5.74, 6) is 0.687. The zero-order valence-electron chi connectivity index (χ0n) is 15.2. The van der Waals surface area contributed by atoms with Gasteiger partial charge in [-0.25, -0.2) is 4.79 Å². The van der Waals surface area contributed by atoms with Crippen LogP contribution in [0.2, 0.25) is 0 Å². The zero-order valence-corrected chi connectivity index (χ0v) is 15.2. The van der Waals surface area contributed by atoms with Crippen LogP contribution in [0.5, 0.6) is 11.5 Å². The predicted molar refractivity (Wildman–Crippen MR) is 104 cm³/mol. The molecular formula is C23H19NO3. The highest BCUT2D eigenvalue weighted by Gasteiger charge is 2.09. The van der Waals surface area contributed by atoms with Gasteiger partial charge in [0.1, 0.15) is 11.5 Å². The molecule has 0 aromatic heterocycles. The Labute approximate surface area is 158 Å². The van der Waals surface area contributed by atoms with Crippen molar-refractivity contribution in [3.05, 3.63) is 83.4 Å². The van der Waals surface area contributed by atoms with Crippen LogP contribution in [-0.4, -0.2) is 12.6 Å². The van der Waals surface area contributed by atoms with Gasteiger partial charge < -0.3 is 9.47 Å². The first kappa shape index (κ1) is 18.2. The van der Waals surface area contributed by atoms with Gasteiger partial charge in [0.2, 0.25) is 0 Å². The number of rotatable bonds is 5. The molecule has 0 spiro atoms. The third-order valence-electron chi connectivity index (χ3n) is 4.33. The van der Waals surface area contributed by atoms with Crippen LogP contribution in [0, 0.1) is 25.2 Å². The lowest BCUT2D eigenvalue weighted by atomic mass is 10.0. The lowest BCUT2D eigenvalue weighted by molar-refractivity contribution is -0.136. The Morgan fingerprint density at radius 1 is 0.926 bits per heavy atom. The van der Waals surface area contributed by atoms with Crippen molar-refractivity contribution in [1.29, 1.82) is 5.26 Å². The van der Waals surface area contributed by atoms with Crippen LogP contribution in [0.15, 0.2) is 66.7 Å². The lowest BCUT2D eigenvalue weighted by Crippen LogP contribution is -2.18. The fourth-order valence-corrected chi connectivity index (χ4v) is 2.63. The molecule has 134 valence electrons. The topological polar surface area (TPSA) is 59.3 Å². The number of nitriles is 1. The highest BCUT2D eigenvalue weighted by Crippen LogP contribution is 2.23. The summed E-state index contributed by atoms with van der Waals surface area (Å²) in [5.41, 5.74) is 4.71. The van der Waals surface area contributed by atoms with Crippen LogP contribution in [-0.2, 0) is 4.79 Å². The number of hydrogen-bond acceptors (Lipinski definition) is 4. The van der Waals surface area contributed by atoms with Gasteiger partial charge in [-0.05, 0) is 66.4 Å². The molecular weight excluding hydrogens is 338 g/mol. The Morgan fingerprint density at radius 3 is 2.19 bits per heavy atom. The highest BCUT2D eigenvalue weighted by atomic mass is 16.6. The molecule has 0 radical (unpaired) electrons. The molecule has 27 heavy (non-hydrogen) atoms. The van der Waals surface area contributed by atoms with Gasteiger partial charge in [-0.15, -0.1) is 0 Å². The van der Waals surface area contributed by atoms with Crippen molar-refractivity contribution in [2.75, 3.05) is 6.61 Å². The molecule has 0 heterocycles. The van der Waals surface area contributed by atoms with Crippen LogP contribution in [0.4, 0.5) is 0 Å². The molecule has 4 nitrogen and oxygen atoms in total. The summed E-state index contributed by atoms with van der Waals surface area (Å²) in [6.45, 7) is 3.80. The van der Waals surface area contributed by atoms with Crippen molar-refractivity contribution in [2.24, 2.45) is 0 Å². The van der Waals surface area contributed by atoms with Gasteiger partial charge in [-0.3, -0.25) is 0 Å². The van der Waals surface area contributed by atoms with Gasteiger partial charge in [-0.2, -0.15) is 5.26 Å². The van der Waals surface area contributed by atoms with Gasteiger partial charge in [0, 0.05) is 0 Å². The minimum Gasteiger partial charge on any atom is -0.482 e. The van der Waals surface area contributed by atoms with E-state index in [4.69, 9.17) is 14.7 Å². The van der Waals surface area contributed by atoms with Crippen LogP contribution in [0.25, 0.3) is 11.1 Å². The van der Waals surface area contributed by atoms with E-state index >= 15 is 0 Å². The summed E-state index contributed by atoms with van der Waals surface area (Å²) in [6.07, 6.45) is 0. The molecule has 0 saturated heterocycles. The number of carbonyl (C=O) groups is 1. The average Bonchev–Trinajstić information content (AvgIpc) is 2.70. The summed E-state index contributed by atoms with van der Waals surface area (Å²) < 4.78 is 10.9. The van der Waals surface area contributed by atoms with Crippen LogP contribution < -0.4 is 9.47 Å². The minimum atomic E-state index is -0.456. The molecule has 3 aromatic carbocycles. The van der Waals surface area contributed by atoms with Crippen LogP contribution in [0.1, 0.15) is 16.7 Å². The summed E-state index contributed by atoms with van der Waals surface area (Å²) in [7, 11) is 0. The summed E-state index contributed by atoms with van der Waals surface area (Å²) in [5, 5.41) is 8.86. The monoisotopic (exact) mass is 357 g/mol. The van der Waals surface area contributed by atoms with Gasteiger partial charge >= 0.3 is 5.97 Å². The van der Waals surface area contributed by atoms with Crippen molar-refractivity contribution in [1.82, 2.24) is 0 Å². The van der Waals surface area contributed by atoms with E-state index < -0.39 is 5.97 Å². The summed E-state index contributed by atoms with van der Waals surface area (Å²) in [6, 6.07) is 22.4. The Morgan fingerprint density at radius 2 is 1.56 bits per heavy atom. The number of ether oxygens (including phenoxy) is 2.